The molecule has 20 heavy (non-hydrogen) atoms. The summed E-state index contributed by atoms with van der Waals surface area (Å²) in [6, 6.07) is 6.12. The molecule has 1 aromatic heterocycles. The molecule has 1 heterocycles. The Bertz CT molecular complexity index is 624. The summed E-state index contributed by atoms with van der Waals surface area (Å²) >= 11 is 0. The van der Waals surface area contributed by atoms with Gasteiger partial charge in [0.25, 0.3) is 0 Å². The van der Waals surface area contributed by atoms with Crippen molar-refractivity contribution in [2.45, 2.75) is 6.18 Å². The van der Waals surface area contributed by atoms with E-state index in [1.807, 2.05) is 0 Å². The molecule has 0 spiro atoms. The molecule has 0 amide bonds. The van der Waals surface area contributed by atoms with Gasteiger partial charge in [0.05, 0.1) is 12.7 Å². The maximum atomic E-state index is 12.9. The van der Waals surface area contributed by atoms with E-state index in [2.05, 4.69) is 9.72 Å². The normalized spacial score (nSPS) is 11.2. The molecule has 1 aromatic carbocycles. The van der Waals surface area contributed by atoms with E-state index in [4.69, 9.17) is 0 Å². The number of pyridine rings is 1. The molecule has 0 aliphatic rings. The number of carbonyl (C=O) groups excluding carboxylic acids is 1. The van der Waals surface area contributed by atoms with E-state index in [1.54, 1.807) is 0 Å². The van der Waals surface area contributed by atoms with Gasteiger partial charge in [0.2, 0.25) is 0 Å². The molecule has 0 fully saturated rings. The third-order valence-corrected chi connectivity index (χ3v) is 2.71. The number of benzene rings is 1. The largest absolute Gasteiger partial charge is 0.496 e. The molecular weight excluding hydrogens is 271 g/mol. The lowest BCUT2D eigenvalue weighted by atomic mass is 10.0. The molecule has 2 rings (SSSR count). The van der Waals surface area contributed by atoms with Gasteiger partial charge in [0, 0.05) is 23.5 Å². The smallest absolute Gasteiger partial charge is 0.419 e. The van der Waals surface area contributed by atoms with Gasteiger partial charge in [-0.2, -0.15) is 13.2 Å². The van der Waals surface area contributed by atoms with E-state index in [-0.39, 0.29) is 16.9 Å². The van der Waals surface area contributed by atoms with Crippen LogP contribution in [-0.4, -0.2) is 17.9 Å². The second kappa shape index (κ2) is 5.32. The molecule has 0 unspecified atom stereocenters. The highest BCUT2D eigenvalue weighted by Crippen LogP contribution is 2.36. The number of halogens is 3. The van der Waals surface area contributed by atoms with Crippen LogP contribution in [0.1, 0.15) is 21.5 Å². The van der Waals surface area contributed by atoms with Crippen molar-refractivity contribution >= 4 is 5.78 Å². The first-order valence-corrected chi connectivity index (χ1v) is 5.63. The molecule has 0 N–H and O–H groups in total. The summed E-state index contributed by atoms with van der Waals surface area (Å²) in [6.45, 7) is 0. The second-order valence-electron chi connectivity index (χ2n) is 3.98. The zero-order valence-electron chi connectivity index (χ0n) is 10.4. The average molecular weight is 281 g/mol. The molecule has 104 valence electrons. The van der Waals surface area contributed by atoms with Crippen molar-refractivity contribution in [2.75, 3.05) is 7.11 Å². The van der Waals surface area contributed by atoms with E-state index in [9.17, 15) is 18.0 Å². The SMILES string of the molecule is COc1ccc(C(=O)c2ccncc2)cc1C(F)(F)F. The fraction of sp³-hybridized carbons (Fsp3) is 0.143. The van der Waals surface area contributed by atoms with E-state index in [0.717, 1.165) is 19.2 Å². The number of hydrogen-bond acceptors (Lipinski definition) is 3. The highest BCUT2D eigenvalue weighted by Gasteiger charge is 2.35. The first-order valence-electron chi connectivity index (χ1n) is 5.63. The lowest BCUT2D eigenvalue weighted by Gasteiger charge is -2.13. The number of nitrogens with zero attached hydrogens (tertiary/aromatic N) is 1. The van der Waals surface area contributed by atoms with E-state index in [1.165, 1.54) is 30.6 Å². The van der Waals surface area contributed by atoms with Crippen molar-refractivity contribution in [3.05, 3.63) is 59.4 Å². The van der Waals surface area contributed by atoms with Gasteiger partial charge in [-0.1, -0.05) is 0 Å². The Hall–Kier alpha value is -2.37. The van der Waals surface area contributed by atoms with Gasteiger partial charge in [-0.25, -0.2) is 0 Å². The molecule has 0 aliphatic heterocycles. The molecule has 0 atom stereocenters. The molecule has 0 bridgehead atoms. The molecule has 0 aliphatic carbocycles. The third kappa shape index (κ3) is 2.79. The Labute approximate surface area is 113 Å². The van der Waals surface area contributed by atoms with E-state index in [0.29, 0.717) is 0 Å². The molecule has 2 aromatic rings. The van der Waals surface area contributed by atoms with Crippen LogP contribution in [0.25, 0.3) is 0 Å². The van der Waals surface area contributed by atoms with Gasteiger partial charge >= 0.3 is 6.18 Å². The monoisotopic (exact) mass is 281 g/mol. The summed E-state index contributed by atoms with van der Waals surface area (Å²) in [5, 5.41) is 0. The van der Waals surface area contributed by atoms with Crippen molar-refractivity contribution < 1.29 is 22.7 Å². The topological polar surface area (TPSA) is 39.2 Å². The highest BCUT2D eigenvalue weighted by atomic mass is 19.4. The van der Waals surface area contributed by atoms with Gasteiger partial charge in [-0.3, -0.25) is 9.78 Å². The van der Waals surface area contributed by atoms with Crippen molar-refractivity contribution in [3.8, 4) is 5.75 Å². The predicted octanol–water partition coefficient (Wildman–Crippen LogP) is 3.34. The summed E-state index contributed by atoms with van der Waals surface area (Å²) in [5.74, 6) is -0.815. The van der Waals surface area contributed by atoms with Gasteiger partial charge < -0.3 is 4.74 Å². The molecule has 3 nitrogen and oxygen atoms in total. The number of ether oxygens (including phenoxy) is 1. The zero-order chi connectivity index (χ0) is 14.8. The number of ketones is 1. The van der Waals surface area contributed by atoms with Crippen LogP contribution in [-0.2, 0) is 6.18 Å². The van der Waals surface area contributed by atoms with Crippen LogP contribution in [0.3, 0.4) is 0 Å². The minimum Gasteiger partial charge on any atom is -0.496 e. The van der Waals surface area contributed by atoms with Crippen LogP contribution < -0.4 is 4.74 Å². The van der Waals surface area contributed by atoms with Gasteiger partial charge in [0.1, 0.15) is 5.75 Å². The molecule has 6 heteroatoms. The van der Waals surface area contributed by atoms with Crippen LogP contribution in [0.2, 0.25) is 0 Å². The van der Waals surface area contributed by atoms with Gasteiger partial charge in [0.15, 0.2) is 5.78 Å². The maximum absolute atomic E-state index is 12.9. The number of methoxy groups -OCH3 is 1. The minimum atomic E-state index is -4.58. The lowest BCUT2D eigenvalue weighted by Crippen LogP contribution is -2.10. The average Bonchev–Trinajstić information content (AvgIpc) is 2.46. The van der Waals surface area contributed by atoms with E-state index < -0.39 is 17.5 Å². The van der Waals surface area contributed by atoms with Crippen LogP contribution in [0.4, 0.5) is 13.2 Å². The van der Waals surface area contributed by atoms with Gasteiger partial charge in [-0.15, -0.1) is 0 Å². The summed E-state index contributed by atoms with van der Waals surface area (Å²) < 4.78 is 43.3. The Morgan fingerprint density at radius 2 is 1.75 bits per heavy atom. The number of aromatic nitrogens is 1. The fourth-order valence-corrected chi connectivity index (χ4v) is 1.74. The quantitative estimate of drug-likeness (QED) is 0.810. The van der Waals surface area contributed by atoms with Crippen molar-refractivity contribution in [1.82, 2.24) is 4.98 Å². The van der Waals surface area contributed by atoms with E-state index >= 15 is 0 Å². The van der Waals surface area contributed by atoms with Crippen LogP contribution in [0.15, 0.2) is 42.7 Å². The fourth-order valence-electron chi connectivity index (χ4n) is 1.74. The Balaban J connectivity index is 2.47. The van der Waals surface area contributed by atoms with Gasteiger partial charge in [-0.05, 0) is 30.3 Å². The maximum Gasteiger partial charge on any atom is 0.419 e. The second-order valence-corrected chi connectivity index (χ2v) is 3.98. The lowest BCUT2D eigenvalue weighted by molar-refractivity contribution is -0.138. The van der Waals surface area contributed by atoms with Crippen LogP contribution >= 0.6 is 0 Å². The first kappa shape index (κ1) is 14.0. The molecule has 0 saturated heterocycles. The highest BCUT2D eigenvalue weighted by molar-refractivity contribution is 6.09. The third-order valence-electron chi connectivity index (χ3n) is 2.71. The Morgan fingerprint density at radius 1 is 1.10 bits per heavy atom. The minimum absolute atomic E-state index is 0.0516. The standard InChI is InChI=1S/C14H10F3NO2/c1-20-12-3-2-10(8-11(12)14(15,16)17)13(19)9-4-6-18-7-5-9/h2-8H,1H3. The van der Waals surface area contributed by atoms with Crippen molar-refractivity contribution in [1.29, 1.82) is 0 Å². The molecule has 0 saturated carbocycles. The summed E-state index contributed by atoms with van der Waals surface area (Å²) in [4.78, 5) is 15.8. The first-order chi connectivity index (χ1) is 9.43. The van der Waals surface area contributed by atoms with Crippen LogP contribution in [0.5, 0.6) is 5.75 Å². The number of carbonyl (C=O) groups is 1. The summed E-state index contributed by atoms with van der Waals surface area (Å²) in [7, 11) is 1.15. The Kier molecular flexibility index (Phi) is 3.74. The summed E-state index contributed by atoms with van der Waals surface area (Å²) in [6.07, 6.45) is -1.78. The molecular formula is C14H10F3NO2. The number of hydrogen-bond donors (Lipinski definition) is 0. The summed E-state index contributed by atoms with van der Waals surface area (Å²) in [5.41, 5.74) is -0.748. The number of rotatable bonds is 3. The number of alkyl halides is 3. The van der Waals surface area contributed by atoms with Crippen molar-refractivity contribution in [3.63, 3.8) is 0 Å². The van der Waals surface area contributed by atoms with Crippen molar-refractivity contribution in [2.24, 2.45) is 0 Å². The predicted molar refractivity (Wildman–Crippen MR) is 65.7 cm³/mol. The zero-order valence-corrected chi connectivity index (χ0v) is 10.4. The Morgan fingerprint density at radius 3 is 2.30 bits per heavy atom. The van der Waals surface area contributed by atoms with Crippen LogP contribution in [0, 0.1) is 0 Å². The molecule has 0 radical (unpaired) electrons.